The highest BCUT2D eigenvalue weighted by atomic mass is 35.5. The fraction of sp³-hybridized carbons (Fsp3) is 0.364. The summed E-state index contributed by atoms with van der Waals surface area (Å²) < 4.78 is 18.3. The van der Waals surface area contributed by atoms with Gasteiger partial charge in [-0.2, -0.15) is 0 Å². The summed E-state index contributed by atoms with van der Waals surface area (Å²) in [5.41, 5.74) is 0.261. The summed E-state index contributed by atoms with van der Waals surface area (Å²) in [5, 5.41) is 2.29. The highest BCUT2D eigenvalue weighted by Gasteiger charge is 2.32. The number of hydrogen-bond donors (Lipinski definition) is 1. The topological polar surface area (TPSA) is 71.5 Å². The maximum atomic E-state index is 13.3. The highest BCUT2D eigenvalue weighted by molar-refractivity contribution is 6.29. The fourth-order valence-corrected chi connectivity index (χ4v) is 1.76. The molecule has 1 N–H and O–H groups in total. The van der Waals surface area contributed by atoms with Crippen LogP contribution in [0.4, 0.5) is 14.9 Å². The van der Waals surface area contributed by atoms with E-state index in [-0.39, 0.29) is 29.8 Å². The predicted molar refractivity (Wildman–Crippen MR) is 65.5 cm³/mol. The van der Waals surface area contributed by atoms with Crippen LogP contribution in [0.3, 0.4) is 0 Å². The minimum atomic E-state index is -0.711. The third-order valence-electron chi connectivity index (χ3n) is 2.55. The second-order valence-corrected chi connectivity index (χ2v) is 4.38. The number of ether oxygens (including phenoxy) is 1. The van der Waals surface area contributed by atoms with E-state index in [2.05, 4.69) is 10.3 Å². The number of rotatable bonds is 3. The standard InChI is InChI=1S/C11H11ClFN3O3/c1-6(17)14-4-8-5-16(11(18)19-8)7-2-9(13)10(12)15-3-7/h2-3,8H,4-5H2,1H3,(H,14,17)/t8-/m0/s1. The molecule has 1 atom stereocenters. The van der Waals surface area contributed by atoms with Gasteiger partial charge in [-0.05, 0) is 0 Å². The Hall–Kier alpha value is -1.89. The van der Waals surface area contributed by atoms with Crippen molar-refractivity contribution in [3.05, 3.63) is 23.2 Å². The van der Waals surface area contributed by atoms with E-state index in [0.29, 0.717) is 0 Å². The van der Waals surface area contributed by atoms with E-state index < -0.39 is 18.0 Å². The number of halogens is 2. The monoisotopic (exact) mass is 287 g/mol. The van der Waals surface area contributed by atoms with E-state index in [0.717, 1.165) is 6.07 Å². The Morgan fingerprint density at radius 1 is 1.74 bits per heavy atom. The minimum Gasteiger partial charge on any atom is -0.442 e. The number of aromatic nitrogens is 1. The first-order chi connectivity index (χ1) is 8.97. The van der Waals surface area contributed by atoms with Gasteiger partial charge >= 0.3 is 6.09 Å². The molecule has 19 heavy (non-hydrogen) atoms. The van der Waals surface area contributed by atoms with E-state index in [4.69, 9.17) is 16.3 Å². The number of amides is 2. The summed E-state index contributed by atoms with van der Waals surface area (Å²) in [6.07, 6.45) is 0.196. The van der Waals surface area contributed by atoms with Crippen LogP contribution in [0.5, 0.6) is 0 Å². The summed E-state index contributed by atoms with van der Waals surface area (Å²) >= 11 is 5.47. The van der Waals surface area contributed by atoms with Crippen molar-refractivity contribution >= 4 is 29.3 Å². The molecule has 0 aromatic carbocycles. The predicted octanol–water partition coefficient (Wildman–Crippen LogP) is 1.34. The summed E-state index contributed by atoms with van der Waals surface area (Å²) in [5.74, 6) is -0.925. The van der Waals surface area contributed by atoms with E-state index in [1.54, 1.807) is 0 Å². The van der Waals surface area contributed by atoms with Crippen LogP contribution >= 0.6 is 11.6 Å². The lowest BCUT2D eigenvalue weighted by Gasteiger charge is -2.12. The summed E-state index contributed by atoms with van der Waals surface area (Å²) in [7, 11) is 0. The van der Waals surface area contributed by atoms with Crippen LogP contribution in [0.25, 0.3) is 0 Å². The highest BCUT2D eigenvalue weighted by Crippen LogP contribution is 2.23. The maximum Gasteiger partial charge on any atom is 0.414 e. The number of anilines is 1. The number of carbonyl (C=O) groups excluding carboxylic acids is 2. The zero-order valence-corrected chi connectivity index (χ0v) is 10.8. The first-order valence-corrected chi connectivity index (χ1v) is 5.89. The van der Waals surface area contributed by atoms with Gasteiger partial charge in [0.05, 0.1) is 25.0 Å². The molecule has 2 amide bonds. The van der Waals surface area contributed by atoms with Gasteiger partial charge in [-0.3, -0.25) is 9.69 Å². The Kier molecular flexibility index (Phi) is 3.84. The molecule has 1 fully saturated rings. The van der Waals surface area contributed by atoms with Crippen LogP contribution in [0.2, 0.25) is 5.15 Å². The number of nitrogens with zero attached hydrogens (tertiary/aromatic N) is 2. The molecule has 0 radical (unpaired) electrons. The lowest BCUT2D eigenvalue weighted by atomic mass is 10.3. The third-order valence-corrected chi connectivity index (χ3v) is 2.82. The Labute approximate surface area is 113 Å². The van der Waals surface area contributed by atoms with Gasteiger partial charge in [-0.25, -0.2) is 14.2 Å². The number of cyclic esters (lactones) is 1. The van der Waals surface area contributed by atoms with Crippen molar-refractivity contribution in [3.8, 4) is 0 Å². The van der Waals surface area contributed by atoms with Crippen LogP contribution in [-0.2, 0) is 9.53 Å². The molecule has 1 aliphatic heterocycles. The fourth-order valence-electron chi connectivity index (χ4n) is 1.65. The number of nitrogens with one attached hydrogen (secondary N) is 1. The second-order valence-electron chi connectivity index (χ2n) is 4.02. The van der Waals surface area contributed by atoms with Gasteiger partial charge in [0.2, 0.25) is 5.91 Å². The average Bonchev–Trinajstić information content (AvgIpc) is 2.72. The molecule has 1 aromatic rings. The van der Waals surface area contributed by atoms with Crippen LogP contribution in [-0.4, -0.2) is 36.2 Å². The molecule has 6 nitrogen and oxygen atoms in total. The largest absolute Gasteiger partial charge is 0.442 e. The lowest BCUT2D eigenvalue weighted by Crippen LogP contribution is -2.33. The van der Waals surface area contributed by atoms with Gasteiger partial charge in [-0.15, -0.1) is 0 Å². The van der Waals surface area contributed by atoms with Crippen molar-refractivity contribution in [1.29, 1.82) is 0 Å². The SMILES string of the molecule is CC(=O)NC[C@H]1CN(c2cnc(Cl)c(F)c2)C(=O)O1. The van der Waals surface area contributed by atoms with E-state index in [9.17, 15) is 14.0 Å². The first kappa shape index (κ1) is 13.5. The zero-order valence-electron chi connectivity index (χ0n) is 10.0. The van der Waals surface area contributed by atoms with E-state index >= 15 is 0 Å². The molecule has 102 valence electrons. The lowest BCUT2D eigenvalue weighted by molar-refractivity contribution is -0.119. The molecule has 1 saturated heterocycles. The van der Waals surface area contributed by atoms with Gasteiger partial charge in [0, 0.05) is 13.0 Å². The van der Waals surface area contributed by atoms with Crippen molar-refractivity contribution in [2.45, 2.75) is 13.0 Å². The van der Waals surface area contributed by atoms with Crippen molar-refractivity contribution < 1.29 is 18.7 Å². The molecule has 0 bridgehead atoms. The van der Waals surface area contributed by atoms with E-state index in [1.165, 1.54) is 18.0 Å². The summed E-state index contributed by atoms with van der Waals surface area (Å²) in [6, 6.07) is 1.11. The molecule has 2 rings (SSSR count). The Bertz CT molecular complexity index is 526. The maximum absolute atomic E-state index is 13.3. The molecule has 0 saturated carbocycles. The quantitative estimate of drug-likeness (QED) is 0.852. The second kappa shape index (κ2) is 5.40. The minimum absolute atomic E-state index is 0.209. The van der Waals surface area contributed by atoms with E-state index in [1.807, 2.05) is 0 Å². The first-order valence-electron chi connectivity index (χ1n) is 5.51. The third kappa shape index (κ3) is 3.11. The molecule has 8 heteroatoms. The van der Waals surface area contributed by atoms with Gasteiger partial charge in [0.1, 0.15) is 6.10 Å². The van der Waals surface area contributed by atoms with Crippen molar-refractivity contribution in [2.24, 2.45) is 0 Å². The van der Waals surface area contributed by atoms with Crippen molar-refractivity contribution in [2.75, 3.05) is 18.0 Å². The summed E-state index contributed by atoms with van der Waals surface area (Å²) in [4.78, 5) is 27.3. The Morgan fingerprint density at radius 2 is 2.47 bits per heavy atom. The number of pyridine rings is 1. The van der Waals surface area contributed by atoms with Crippen LogP contribution in [0.1, 0.15) is 6.92 Å². The van der Waals surface area contributed by atoms with Crippen molar-refractivity contribution in [1.82, 2.24) is 10.3 Å². The van der Waals surface area contributed by atoms with Crippen LogP contribution in [0.15, 0.2) is 12.3 Å². The number of carbonyl (C=O) groups is 2. The van der Waals surface area contributed by atoms with Gasteiger partial charge < -0.3 is 10.1 Å². The zero-order chi connectivity index (χ0) is 14.0. The van der Waals surface area contributed by atoms with Gasteiger partial charge in [0.15, 0.2) is 11.0 Å². The van der Waals surface area contributed by atoms with Gasteiger partial charge in [0.25, 0.3) is 0 Å². The van der Waals surface area contributed by atoms with Crippen molar-refractivity contribution in [3.63, 3.8) is 0 Å². The van der Waals surface area contributed by atoms with Crippen LogP contribution in [0, 0.1) is 5.82 Å². The molecule has 1 aliphatic rings. The van der Waals surface area contributed by atoms with Crippen LogP contribution < -0.4 is 10.2 Å². The van der Waals surface area contributed by atoms with Gasteiger partial charge in [-0.1, -0.05) is 11.6 Å². The molecular weight excluding hydrogens is 277 g/mol. The Balaban J connectivity index is 2.07. The normalized spacial score (nSPS) is 18.4. The molecule has 0 aliphatic carbocycles. The molecule has 1 aromatic heterocycles. The molecule has 2 heterocycles. The smallest absolute Gasteiger partial charge is 0.414 e. The molecule has 0 spiro atoms. The summed E-state index contributed by atoms with van der Waals surface area (Å²) in [6.45, 7) is 1.79. The molecular formula is C11H11ClFN3O3. The number of hydrogen-bond acceptors (Lipinski definition) is 4. The molecule has 0 unspecified atom stereocenters. The average molecular weight is 288 g/mol. The Morgan fingerprint density at radius 3 is 3.11 bits per heavy atom.